The molecule has 2 aliphatic heterocycles. The van der Waals surface area contributed by atoms with E-state index < -0.39 is 35.4 Å². The third-order valence-corrected chi connectivity index (χ3v) is 8.92. The summed E-state index contributed by atoms with van der Waals surface area (Å²) in [6, 6.07) is 2.16. The van der Waals surface area contributed by atoms with Crippen LogP contribution in [-0.4, -0.2) is 45.8 Å². The Labute approximate surface area is 218 Å². The van der Waals surface area contributed by atoms with Crippen LogP contribution in [-0.2, 0) is 19.1 Å². The van der Waals surface area contributed by atoms with Crippen LogP contribution in [0.15, 0.2) is 11.0 Å². The van der Waals surface area contributed by atoms with Crippen molar-refractivity contribution in [3.8, 4) is 6.07 Å². The van der Waals surface area contributed by atoms with Gasteiger partial charge in [-0.05, 0) is 51.2 Å². The second-order valence-corrected chi connectivity index (χ2v) is 12.5. The topological polar surface area (TPSA) is 113 Å². The Balaban J connectivity index is 1.89. The van der Waals surface area contributed by atoms with E-state index in [1.165, 1.54) is 0 Å². The van der Waals surface area contributed by atoms with Crippen molar-refractivity contribution in [3.05, 3.63) is 21.7 Å². The summed E-state index contributed by atoms with van der Waals surface area (Å²) in [4.78, 5) is 31.0. The van der Waals surface area contributed by atoms with E-state index in [1.54, 1.807) is 32.1 Å². The predicted molar refractivity (Wildman–Crippen MR) is 139 cm³/mol. The molecule has 3 heterocycles. The van der Waals surface area contributed by atoms with Gasteiger partial charge in [-0.25, -0.2) is 4.98 Å². The normalized spacial score (nSPS) is 36.5. The minimum atomic E-state index is -1.11. The van der Waals surface area contributed by atoms with E-state index in [-0.39, 0.29) is 29.8 Å². The van der Waals surface area contributed by atoms with Crippen LogP contribution < -0.4 is 0 Å². The van der Waals surface area contributed by atoms with E-state index in [0.29, 0.717) is 6.42 Å². The number of rotatable bonds is 2. The molecule has 198 valence electrons. The SMILES string of the molecule is C/C(=C\c1csc(C)n1)[C@@H]1C[C@@H]2O[C@]2(C)CCC[C@H](C)[C@H](O)[C@@H](C)C(=O)C(C)(C)[C@H](C#N)CC(=O)O1. The number of ether oxygens (including phenoxy) is 2. The van der Waals surface area contributed by atoms with Gasteiger partial charge in [0.15, 0.2) is 0 Å². The minimum Gasteiger partial charge on any atom is -0.458 e. The van der Waals surface area contributed by atoms with Gasteiger partial charge in [0.1, 0.15) is 11.9 Å². The van der Waals surface area contributed by atoms with E-state index in [1.807, 2.05) is 32.2 Å². The molecule has 0 aromatic carbocycles. The van der Waals surface area contributed by atoms with Crippen LogP contribution in [0.1, 0.15) is 84.3 Å². The van der Waals surface area contributed by atoms with Crippen LogP contribution in [0.2, 0.25) is 0 Å². The summed E-state index contributed by atoms with van der Waals surface area (Å²) in [5, 5.41) is 23.7. The van der Waals surface area contributed by atoms with Gasteiger partial charge < -0.3 is 14.6 Å². The lowest BCUT2D eigenvalue weighted by molar-refractivity contribution is -0.150. The van der Waals surface area contributed by atoms with E-state index >= 15 is 0 Å². The molecule has 0 radical (unpaired) electrons. The monoisotopic (exact) mass is 516 g/mol. The van der Waals surface area contributed by atoms with Crippen LogP contribution >= 0.6 is 11.3 Å². The molecule has 7 nitrogen and oxygen atoms in total. The summed E-state index contributed by atoms with van der Waals surface area (Å²) >= 11 is 1.56. The van der Waals surface area contributed by atoms with Crippen molar-refractivity contribution < 1.29 is 24.2 Å². The molecule has 8 heteroatoms. The first-order chi connectivity index (χ1) is 16.8. The molecule has 3 rings (SSSR count). The minimum absolute atomic E-state index is 0.0485. The number of nitrogens with zero attached hydrogens (tertiary/aromatic N) is 2. The number of ketones is 1. The molecule has 0 unspecified atom stereocenters. The van der Waals surface area contributed by atoms with Crippen LogP contribution in [0, 0.1) is 41.4 Å². The van der Waals surface area contributed by atoms with Gasteiger partial charge in [0.05, 0.1) is 46.9 Å². The molecule has 0 aliphatic carbocycles. The van der Waals surface area contributed by atoms with Crippen LogP contribution in [0.4, 0.5) is 0 Å². The van der Waals surface area contributed by atoms with E-state index in [9.17, 15) is 20.0 Å². The summed E-state index contributed by atoms with van der Waals surface area (Å²) in [6.07, 6.45) is 3.32. The first-order valence-corrected chi connectivity index (χ1v) is 13.8. The molecule has 0 spiro atoms. The molecule has 1 aromatic rings. The Morgan fingerprint density at radius 3 is 2.61 bits per heavy atom. The summed E-state index contributed by atoms with van der Waals surface area (Å²) in [7, 11) is 0. The molecular formula is C28H40N2O5S. The quantitative estimate of drug-likeness (QED) is 0.421. The summed E-state index contributed by atoms with van der Waals surface area (Å²) in [5.74, 6) is -2.32. The number of aryl methyl sites for hydroxylation is 1. The summed E-state index contributed by atoms with van der Waals surface area (Å²) < 4.78 is 12.0. The zero-order valence-electron chi connectivity index (χ0n) is 22.5. The molecule has 2 saturated heterocycles. The summed E-state index contributed by atoms with van der Waals surface area (Å²) in [6.45, 7) is 13.0. The number of hydrogen-bond donors (Lipinski definition) is 1. The highest BCUT2D eigenvalue weighted by molar-refractivity contribution is 7.09. The largest absolute Gasteiger partial charge is 0.458 e. The molecular weight excluding hydrogens is 476 g/mol. The van der Waals surface area contributed by atoms with Crippen LogP contribution in [0.5, 0.6) is 0 Å². The number of nitriles is 1. The molecule has 2 fully saturated rings. The predicted octanol–water partition coefficient (Wildman–Crippen LogP) is 5.26. The van der Waals surface area contributed by atoms with Crippen molar-refractivity contribution >= 4 is 29.2 Å². The number of Topliss-reactive ketones (excluding diaryl/α,β-unsaturated/α-hetero) is 1. The highest BCUT2D eigenvalue weighted by Gasteiger charge is 2.53. The van der Waals surface area contributed by atoms with Gasteiger partial charge in [-0.3, -0.25) is 9.59 Å². The van der Waals surface area contributed by atoms with E-state index in [2.05, 4.69) is 18.0 Å². The Bertz CT molecular complexity index is 1040. The molecule has 2 aliphatic rings. The molecule has 1 aromatic heterocycles. The maximum atomic E-state index is 13.4. The number of esters is 1. The van der Waals surface area contributed by atoms with Crippen molar-refractivity contribution in [3.63, 3.8) is 0 Å². The highest BCUT2D eigenvalue weighted by Crippen LogP contribution is 2.45. The number of carbonyl (C=O) groups is 2. The number of fused-ring (bicyclic) bond motifs is 1. The van der Waals surface area contributed by atoms with Gasteiger partial charge in [-0.2, -0.15) is 5.26 Å². The van der Waals surface area contributed by atoms with Gasteiger partial charge in [0.2, 0.25) is 0 Å². The first-order valence-electron chi connectivity index (χ1n) is 12.9. The fourth-order valence-corrected chi connectivity index (χ4v) is 5.86. The Morgan fingerprint density at radius 2 is 2.00 bits per heavy atom. The Morgan fingerprint density at radius 1 is 1.31 bits per heavy atom. The maximum absolute atomic E-state index is 13.4. The van der Waals surface area contributed by atoms with Gasteiger partial charge in [0.25, 0.3) is 0 Å². The fraction of sp³-hybridized carbons (Fsp3) is 0.714. The fourth-order valence-electron chi connectivity index (χ4n) is 5.29. The number of epoxide rings is 1. The van der Waals surface area contributed by atoms with Gasteiger partial charge >= 0.3 is 5.97 Å². The molecule has 0 amide bonds. The highest BCUT2D eigenvalue weighted by atomic mass is 32.1. The number of cyclic esters (lactones) is 1. The zero-order valence-corrected chi connectivity index (χ0v) is 23.4. The molecule has 7 atom stereocenters. The van der Waals surface area contributed by atoms with E-state index in [4.69, 9.17) is 9.47 Å². The lowest BCUT2D eigenvalue weighted by Crippen LogP contribution is -2.43. The molecule has 1 N–H and O–H groups in total. The number of thiazole rings is 1. The number of aliphatic hydroxyl groups excluding tert-OH is 1. The average Bonchev–Trinajstić information content (AvgIpc) is 3.26. The second kappa shape index (κ2) is 11.1. The maximum Gasteiger partial charge on any atom is 0.307 e. The zero-order chi connectivity index (χ0) is 26.8. The second-order valence-electron chi connectivity index (χ2n) is 11.4. The Kier molecular flexibility index (Phi) is 8.80. The van der Waals surface area contributed by atoms with E-state index in [0.717, 1.165) is 35.5 Å². The Hall–Kier alpha value is -2.08. The number of hydrogen-bond acceptors (Lipinski definition) is 8. The van der Waals surface area contributed by atoms with Crippen molar-refractivity contribution in [2.45, 2.75) is 104 Å². The van der Waals surface area contributed by atoms with Gasteiger partial charge in [0, 0.05) is 23.1 Å². The smallest absolute Gasteiger partial charge is 0.307 e. The third kappa shape index (κ3) is 6.42. The standard InChI is InChI=1S/C28H40N2O5S/c1-16-9-8-10-28(7)23(35-28)13-22(17(2)11-21-15-36-19(4)30-21)34-24(31)12-20(14-29)27(5,6)26(33)18(3)25(16)32/h11,15-16,18,20,22-23,25,32H,8-10,12-13H2,1-7H3/b17-11+/t16-,18+,20-,22-,23-,25-,28+/m0/s1. The number of carbonyl (C=O) groups excluding carboxylic acids is 2. The average molecular weight is 517 g/mol. The van der Waals surface area contributed by atoms with Gasteiger partial charge in [-0.15, -0.1) is 11.3 Å². The van der Waals surface area contributed by atoms with Gasteiger partial charge in [-0.1, -0.05) is 34.1 Å². The molecule has 0 saturated carbocycles. The molecule has 36 heavy (non-hydrogen) atoms. The van der Waals surface area contributed by atoms with Crippen molar-refractivity contribution in [2.75, 3.05) is 0 Å². The van der Waals surface area contributed by atoms with Crippen LogP contribution in [0.25, 0.3) is 6.08 Å². The van der Waals surface area contributed by atoms with Crippen molar-refractivity contribution in [2.24, 2.45) is 23.2 Å². The van der Waals surface area contributed by atoms with Crippen molar-refractivity contribution in [1.82, 2.24) is 4.98 Å². The number of aliphatic hydroxyl groups is 1. The summed E-state index contributed by atoms with van der Waals surface area (Å²) in [5.41, 5.74) is 0.270. The molecule has 0 bridgehead atoms. The lowest BCUT2D eigenvalue weighted by atomic mass is 9.69. The first kappa shape index (κ1) is 28.5. The number of aromatic nitrogens is 1. The third-order valence-electron chi connectivity index (χ3n) is 8.13. The van der Waals surface area contributed by atoms with Crippen LogP contribution in [0.3, 0.4) is 0 Å². The van der Waals surface area contributed by atoms with Crippen molar-refractivity contribution in [1.29, 1.82) is 5.26 Å². The lowest BCUT2D eigenvalue weighted by Gasteiger charge is -2.34.